The first-order valence-electron chi connectivity index (χ1n) is 9.11. The first-order valence-corrected chi connectivity index (χ1v) is 9.11. The van der Waals surface area contributed by atoms with Gasteiger partial charge in [-0.2, -0.15) is 0 Å². The molecule has 3 unspecified atom stereocenters. The van der Waals surface area contributed by atoms with Crippen LogP contribution in [0.5, 0.6) is 11.5 Å². The molecule has 7 nitrogen and oxygen atoms in total. The van der Waals surface area contributed by atoms with E-state index >= 15 is 0 Å². The Morgan fingerprint density at radius 3 is 2.68 bits per heavy atom. The van der Waals surface area contributed by atoms with Gasteiger partial charge in [0, 0.05) is 18.1 Å². The van der Waals surface area contributed by atoms with E-state index in [1.807, 2.05) is 19.1 Å². The third-order valence-corrected chi connectivity index (χ3v) is 5.27. The van der Waals surface area contributed by atoms with Gasteiger partial charge in [-0.15, -0.1) is 0 Å². The summed E-state index contributed by atoms with van der Waals surface area (Å²) in [5.41, 5.74) is -0.453. The molecule has 2 aliphatic rings. The Bertz CT molecular complexity index is 856. The first-order chi connectivity index (χ1) is 13.1. The number of phenols is 2. The Balaban J connectivity index is 1.87. The molecular weight excluding hydrogens is 364 g/mol. The van der Waals surface area contributed by atoms with Gasteiger partial charge >= 0.3 is 5.97 Å². The van der Waals surface area contributed by atoms with Crippen molar-refractivity contribution in [1.29, 1.82) is 0 Å². The van der Waals surface area contributed by atoms with Crippen molar-refractivity contribution in [2.75, 3.05) is 6.61 Å². The Morgan fingerprint density at radius 2 is 2.04 bits per heavy atom. The number of aromatic hydroxyl groups is 2. The molecule has 0 aromatic heterocycles. The van der Waals surface area contributed by atoms with Crippen LogP contribution in [0.2, 0.25) is 0 Å². The predicted octanol–water partition coefficient (Wildman–Crippen LogP) is 2.32. The van der Waals surface area contributed by atoms with Crippen LogP contribution in [0.1, 0.15) is 42.6 Å². The van der Waals surface area contributed by atoms with E-state index in [1.54, 1.807) is 6.92 Å². The summed E-state index contributed by atoms with van der Waals surface area (Å²) in [7, 11) is 0. The van der Waals surface area contributed by atoms with Gasteiger partial charge in [-0.1, -0.05) is 17.7 Å². The second kappa shape index (κ2) is 7.41. The molecule has 3 N–H and O–H groups in total. The van der Waals surface area contributed by atoms with Crippen molar-refractivity contribution in [3.8, 4) is 11.5 Å². The smallest absolute Gasteiger partial charge is 0.342 e. The van der Waals surface area contributed by atoms with E-state index in [9.17, 15) is 24.9 Å². The maximum absolute atomic E-state index is 12.8. The molecule has 1 aliphatic heterocycles. The van der Waals surface area contributed by atoms with Gasteiger partial charge in [0.1, 0.15) is 23.2 Å². The number of rotatable bonds is 3. The minimum atomic E-state index is -1.90. The number of aryl methyl sites for hydroxylation is 1. The van der Waals surface area contributed by atoms with Gasteiger partial charge in [0.2, 0.25) is 0 Å². The lowest BCUT2D eigenvalue weighted by Crippen LogP contribution is -2.54. The van der Waals surface area contributed by atoms with Crippen molar-refractivity contribution in [2.24, 2.45) is 0 Å². The molecule has 0 spiro atoms. The average molecular weight is 388 g/mol. The predicted molar refractivity (Wildman–Crippen MR) is 100 cm³/mol. The molecule has 150 valence electrons. The summed E-state index contributed by atoms with van der Waals surface area (Å²) in [6.45, 7) is 4.85. The maximum Gasteiger partial charge on any atom is 0.342 e. The number of ether oxygens (including phenoxy) is 2. The van der Waals surface area contributed by atoms with Crippen molar-refractivity contribution in [1.82, 2.24) is 0 Å². The van der Waals surface area contributed by atoms with Gasteiger partial charge in [0.15, 0.2) is 11.4 Å². The lowest BCUT2D eigenvalue weighted by Gasteiger charge is -2.40. The third kappa shape index (κ3) is 3.55. The van der Waals surface area contributed by atoms with Gasteiger partial charge in [0.25, 0.3) is 0 Å². The van der Waals surface area contributed by atoms with Crippen molar-refractivity contribution < 1.29 is 34.4 Å². The molecular formula is C21H24O7. The molecule has 1 aromatic carbocycles. The molecule has 3 rings (SSSR count). The standard InChI is InChI=1S/C21H24O7/c1-4-5-14-7-12-8-17(21(3,26)19(24)15(12)10-27-14)28-20(25)18-11(2)6-13(22)9-16(18)23/h4-6,9,14,17,22-23,26H,7-8,10H2,1-3H3. The van der Waals surface area contributed by atoms with E-state index in [0.717, 1.165) is 11.6 Å². The number of hydrogen-bond donors (Lipinski definition) is 3. The molecule has 1 aromatic rings. The highest BCUT2D eigenvalue weighted by Gasteiger charge is 2.49. The zero-order chi connectivity index (χ0) is 20.6. The molecule has 1 aliphatic carbocycles. The van der Waals surface area contributed by atoms with Crippen LogP contribution >= 0.6 is 0 Å². The van der Waals surface area contributed by atoms with Gasteiger partial charge in [-0.05, 0) is 38.8 Å². The number of Topliss-reactive ketones (excluding diaryl/α,β-unsaturated/α-hetero) is 1. The highest BCUT2D eigenvalue weighted by atomic mass is 16.6. The second-order valence-corrected chi connectivity index (χ2v) is 7.39. The Labute approximate surface area is 162 Å². The molecule has 0 amide bonds. The van der Waals surface area contributed by atoms with Gasteiger partial charge in [0.05, 0.1) is 12.7 Å². The van der Waals surface area contributed by atoms with E-state index in [0.29, 0.717) is 17.6 Å². The number of allylic oxidation sites excluding steroid dienone is 1. The number of hydrogen-bond acceptors (Lipinski definition) is 7. The summed E-state index contributed by atoms with van der Waals surface area (Å²) >= 11 is 0. The second-order valence-electron chi connectivity index (χ2n) is 7.39. The highest BCUT2D eigenvalue weighted by molar-refractivity contribution is 6.04. The Hall–Kier alpha value is -2.64. The van der Waals surface area contributed by atoms with E-state index in [1.165, 1.54) is 13.0 Å². The van der Waals surface area contributed by atoms with Gasteiger partial charge < -0.3 is 24.8 Å². The monoisotopic (exact) mass is 388 g/mol. The molecule has 3 atom stereocenters. The zero-order valence-electron chi connectivity index (χ0n) is 16.1. The molecule has 0 saturated heterocycles. The molecule has 28 heavy (non-hydrogen) atoms. The molecule has 0 bridgehead atoms. The third-order valence-electron chi connectivity index (χ3n) is 5.27. The van der Waals surface area contributed by atoms with Crippen molar-refractivity contribution in [3.63, 3.8) is 0 Å². The van der Waals surface area contributed by atoms with Crippen LogP contribution in [0.4, 0.5) is 0 Å². The lowest BCUT2D eigenvalue weighted by atomic mass is 9.76. The number of carbonyl (C=O) groups is 2. The summed E-state index contributed by atoms with van der Waals surface area (Å²) in [5, 5.41) is 30.3. The van der Waals surface area contributed by atoms with Crippen LogP contribution in [0.15, 0.2) is 35.4 Å². The summed E-state index contributed by atoms with van der Waals surface area (Å²) in [6.07, 6.45) is 3.18. The minimum absolute atomic E-state index is 0.109. The van der Waals surface area contributed by atoms with Crippen LogP contribution in [-0.4, -0.2) is 51.5 Å². The normalized spacial score (nSPS) is 27.8. The fraction of sp³-hybridized carbons (Fsp3) is 0.429. The largest absolute Gasteiger partial charge is 0.508 e. The van der Waals surface area contributed by atoms with E-state index < -0.39 is 29.2 Å². The number of esters is 1. The number of carbonyl (C=O) groups excluding carboxylic acids is 2. The Kier molecular flexibility index (Phi) is 5.32. The molecule has 7 heteroatoms. The quantitative estimate of drug-likeness (QED) is 0.538. The molecule has 0 fully saturated rings. The number of phenolic OH excluding ortho intramolecular Hbond substituents is 2. The number of benzene rings is 1. The fourth-order valence-electron chi connectivity index (χ4n) is 3.72. The first kappa shape index (κ1) is 20.1. The molecule has 0 radical (unpaired) electrons. The van der Waals surface area contributed by atoms with Crippen LogP contribution in [0.3, 0.4) is 0 Å². The summed E-state index contributed by atoms with van der Waals surface area (Å²) < 4.78 is 11.1. The van der Waals surface area contributed by atoms with Crippen LogP contribution in [-0.2, 0) is 14.3 Å². The minimum Gasteiger partial charge on any atom is -0.508 e. The van der Waals surface area contributed by atoms with Crippen LogP contribution < -0.4 is 0 Å². The number of aliphatic hydroxyl groups is 1. The van der Waals surface area contributed by atoms with Gasteiger partial charge in [-0.25, -0.2) is 4.79 Å². The topological polar surface area (TPSA) is 113 Å². The highest BCUT2D eigenvalue weighted by Crippen LogP contribution is 2.38. The zero-order valence-corrected chi connectivity index (χ0v) is 16.1. The van der Waals surface area contributed by atoms with Crippen LogP contribution in [0, 0.1) is 6.92 Å². The number of ketones is 1. The van der Waals surface area contributed by atoms with Crippen LogP contribution in [0.25, 0.3) is 0 Å². The average Bonchev–Trinajstić information content (AvgIpc) is 2.59. The molecule has 1 heterocycles. The lowest BCUT2D eigenvalue weighted by molar-refractivity contribution is -0.147. The molecule has 0 saturated carbocycles. The van der Waals surface area contributed by atoms with Crippen molar-refractivity contribution in [2.45, 2.75) is 51.4 Å². The van der Waals surface area contributed by atoms with E-state index in [4.69, 9.17) is 9.47 Å². The fourth-order valence-corrected chi connectivity index (χ4v) is 3.72. The van der Waals surface area contributed by atoms with Crippen molar-refractivity contribution in [3.05, 3.63) is 46.6 Å². The van der Waals surface area contributed by atoms with E-state index in [-0.39, 0.29) is 30.4 Å². The summed E-state index contributed by atoms with van der Waals surface area (Å²) in [4.78, 5) is 25.4. The maximum atomic E-state index is 12.8. The summed E-state index contributed by atoms with van der Waals surface area (Å²) in [5.74, 6) is -1.99. The van der Waals surface area contributed by atoms with E-state index in [2.05, 4.69) is 0 Å². The van der Waals surface area contributed by atoms with Gasteiger partial charge in [-0.3, -0.25) is 4.79 Å². The summed E-state index contributed by atoms with van der Waals surface area (Å²) in [6, 6.07) is 2.36. The Morgan fingerprint density at radius 1 is 1.32 bits per heavy atom. The van der Waals surface area contributed by atoms with Crippen molar-refractivity contribution >= 4 is 11.8 Å². The SMILES string of the molecule is CC=CC1CC2=C(CO1)C(=O)C(C)(O)C(OC(=O)c1c(C)cc(O)cc1O)C2.